The Kier molecular flexibility index (Phi) is 3.80. The Bertz CT molecular complexity index is 784. The first-order valence-electron chi connectivity index (χ1n) is 5.66. The number of aromatic carboxylic acids is 1. The molecule has 21 heavy (non-hydrogen) atoms. The molecule has 0 amide bonds. The highest BCUT2D eigenvalue weighted by molar-refractivity contribution is 7.92. The molecule has 1 aromatic carbocycles. The minimum Gasteiger partial charge on any atom is -0.495 e. The highest BCUT2D eigenvalue weighted by Crippen LogP contribution is 2.26. The maximum absolute atomic E-state index is 12.3. The van der Waals surface area contributed by atoms with Crippen molar-refractivity contribution in [2.24, 2.45) is 0 Å². The van der Waals surface area contributed by atoms with E-state index in [1.165, 1.54) is 19.2 Å². The van der Waals surface area contributed by atoms with Gasteiger partial charge in [0.1, 0.15) is 16.5 Å². The average Bonchev–Trinajstić information content (AvgIpc) is 2.82. The molecular formula is C11H12N4O5S. The molecule has 0 spiro atoms. The molecule has 0 unspecified atom stereocenters. The second-order valence-electron chi connectivity index (χ2n) is 4.02. The standard InChI is InChI=1S/C11H12N4O5S/c1-6-12-11(14-13-6)15-21(18,19)9-5-7(10(16)17)3-4-8(9)20-2/h3-5H,1-2H3,(H,16,17)(H2,12,13,14,15). The molecule has 1 aromatic heterocycles. The van der Waals surface area contributed by atoms with Gasteiger partial charge in [-0.3, -0.25) is 5.10 Å². The molecule has 0 bridgehead atoms. The van der Waals surface area contributed by atoms with Crippen LogP contribution in [0, 0.1) is 6.92 Å². The molecule has 0 atom stereocenters. The van der Waals surface area contributed by atoms with E-state index in [4.69, 9.17) is 9.84 Å². The molecule has 0 aliphatic rings. The van der Waals surface area contributed by atoms with Crippen molar-refractivity contribution in [2.75, 3.05) is 11.8 Å². The summed E-state index contributed by atoms with van der Waals surface area (Å²) in [6.45, 7) is 1.61. The molecular weight excluding hydrogens is 300 g/mol. The third kappa shape index (κ3) is 3.11. The Morgan fingerprint density at radius 2 is 2.14 bits per heavy atom. The number of rotatable bonds is 5. The fraction of sp³-hybridized carbons (Fsp3) is 0.182. The van der Waals surface area contributed by atoms with Gasteiger partial charge in [-0.15, -0.1) is 5.10 Å². The van der Waals surface area contributed by atoms with E-state index in [0.29, 0.717) is 5.82 Å². The highest BCUT2D eigenvalue weighted by atomic mass is 32.2. The van der Waals surface area contributed by atoms with Crippen molar-refractivity contribution in [1.29, 1.82) is 0 Å². The van der Waals surface area contributed by atoms with Crippen LogP contribution >= 0.6 is 0 Å². The van der Waals surface area contributed by atoms with Gasteiger partial charge in [0, 0.05) is 0 Å². The number of aryl methyl sites for hydroxylation is 1. The summed E-state index contributed by atoms with van der Waals surface area (Å²) in [6, 6.07) is 3.52. The number of aromatic nitrogens is 3. The van der Waals surface area contributed by atoms with Gasteiger partial charge in [0.15, 0.2) is 0 Å². The SMILES string of the molecule is COc1ccc(C(=O)O)cc1S(=O)(=O)Nc1n[nH]c(C)n1. The van der Waals surface area contributed by atoms with Crippen LogP contribution in [0.5, 0.6) is 5.75 Å². The first-order valence-corrected chi connectivity index (χ1v) is 7.15. The van der Waals surface area contributed by atoms with Gasteiger partial charge in [-0.1, -0.05) is 0 Å². The number of H-pyrrole nitrogens is 1. The van der Waals surface area contributed by atoms with Gasteiger partial charge in [0.25, 0.3) is 16.0 Å². The monoisotopic (exact) mass is 312 g/mol. The molecule has 0 radical (unpaired) electrons. The maximum atomic E-state index is 12.3. The molecule has 1 heterocycles. The van der Waals surface area contributed by atoms with E-state index >= 15 is 0 Å². The summed E-state index contributed by atoms with van der Waals surface area (Å²) in [7, 11) is -2.80. The van der Waals surface area contributed by atoms with E-state index in [1.54, 1.807) is 6.92 Å². The lowest BCUT2D eigenvalue weighted by molar-refractivity contribution is 0.0696. The lowest BCUT2D eigenvalue weighted by Crippen LogP contribution is -2.16. The lowest BCUT2D eigenvalue weighted by atomic mass is 10.2. The highest BCUT2D eigenvalue weighted by Gasteiger charge is 2.23. The Morgan fingerprint density at radius 1 is 1.43 bits per heavy atom. The summed E-state index contributed by atoms with van der Waals surface area (Å²) in [6.07, 6.45) is 0. The number of nitrogens with zero attached hydrogens (tertiary/aromatic N) is 2. The van der Waals surface area contributed by atoms with Crippen molar-refractivity contribution in [3.8, 4) is 5.75 Å². The van der Waals surface area contributed by atoms with Gasteiger partial charge in [-0.2, -0.15) is 4.98 Å². The van der Waals surface area contributed by atoms with Crippen molar-refractivity contribution in [3.63, 3.8) is 0 Å². The van der Waals surface area contributed by atoms with Crippen molar-refractivity contribution >= 4 is 21.9 Å². The van der Waals surface area contributed by atoms with Gasteiger partial charge < -0.3 is 9.84 Å². The molecule has 112 valence electrons. The third-order valence-corrected chi connectivity index (χ3v) is 3.87. The fourth-order valence-corrected chi connectivity index (χ4v) is 2.72. The van der Waals surface area contributed by atoms with Crippen LogP contribution < -0.4 is 9.46 Å². The zero-order chi connectivity index (χ0) is 15.6. The van der Waals surface area contributed by atoms with Gasteiger partial charge in [-0.05, 0) is 25.1 Å². The summed E-state index contributed by atoms with van der Waals surface area (Å²) in [5, 5.41) is 15.1. The second-order valence-corrected chi connectivity index (χ2v) is 5.67. The number of carboxylic acids is 1. The second kappa shape index (κ2) is 5.40. The van der Waals surface area contributed by atoms with E-state index in [0.717, 1.165) is 6.07 Å². The van der Waals surface area contributed by atoms with Crippen LogP contribution in [0.1, 0.15) is 16.2 Å². The van der Waals surface area contributed by atoms with Crippen molar-refractivity contribution < 1.29 is 23.1 Å². The summed E-state index contributed by atoms with van der Waals surface area (Å²) in [4.78, 5) is 14.5. The van der Waals surface area contributed by atoms with Gasteiger partial charge in [0.2, 0.25) is 0 Å². The van der Waals surface area contributed by atoms with Crippen LogP contribution in [0.15, 0.2) is 23.1 Å². The quantitative estimate of drug-likeness (QED) is 0.736. The third-order valence-electron chi connectivity index (χ3n) is 2.52. The van der Waals surface area contributed by atoms with Gasteiger partial charge in [0.05, 0.1) is 12.7 Å². The Morgan fingerprint density at radius 3 is 2.67 bits per heavy atom. The number of methoxy groups -OCH3 is 1. The van der Waals surface area contributed by atoms with Crippen molar-refractivity contribution in [3.05, 3.63) is 29.6 Å². The molecule has 0 fully saturated rings. The van der Waals surface area contributed by atoms with Crippen LogP contribution in [0.2, 0.25) is 0 Å². The Hall–Kier alpha value is -2.62. The largest absolute Gasteiger partial charge is 0.495 e. The summed E-state index contributed by atoms with van der Waals surface area (Å²) in [5.41, 5.74) is -0.178. The van der Waals surface area contributed by atoms with E-state index in [-0.39, 0.29) is 22.2 Å². The number of hydrogen-bond donors (Lipinski definition) is 3. The lowest BCUT2D eigenvalue weighted by Gasteiger charge is -2.10. The minimum atomic E-state index is -4.08. The number of carboxylic acid groups (broad SMARTS) is 1. The number of ether oxygens (including phenoxy) is 1. The fourth-order valence-electron chi connectivity index (χ4n) is 1.58. The molecule has 0 saturated carbocycles. The van der Waals surface area contributed by atoms with E-state index in [2.05, 4.69) is 19.9 Å². The number of hydrogen-bond acceptors (Lipinski definition) is 6. The summed E-state index contributed by atoms with van der Waals surface area (Å²) in [5.74, 6) is -0.947. The normalized spacial score (nSPS) is 11.1. The van der Waals surface area contributed by atoms with Crippen molar-refractivity contribution in [1.82, 2.24) is 15.2 Å². The van der Waals surface area contributed by atoms with E-state index in [1.807, 2.05) is 0 Å². The predicted molar refractivity (Wildman–Crippen MR) is 71.9 cm³/mol. The maximum Gasteiger partial charge on any atom is 0.335 e. The smallest absolute Gasteiger partial charge is 0.335 e. The summed E-state index contributed by atoms with van der Waals surface area (Å²) >= 11 is 0. The van der Waals surface area contributed by atoms with Crippen LogP contribution in [0.4, 0.5) is 5.95 Å². The molecule has 9 nitrogen and oxygen atoms in total. The van der Waals surface area contributed by atoms with Gasteiger partial charge in [-0.25, -0.2) is 17.9 Å². The Labute approximate surface area is 120 Å². The zero-order valence-corrected chi connectivity index (χ0v) is 11.9. The number of nitrogens with one attached hydrogen (secondary N) is 2. The Balaban J connectivity index is 2.47. The molecule has 0 aliphatic carbocycles. The molecule has 0 saturated heterocycles. The molecule has 2 aromatic rings. The minimum absolute atomic E-state index is 0.0137. The van der Waals surface area contributed by atoms with E-state index < -0.39 is 16.0 Å². The molecule has 0 aliphatic heterocycles. The number of benzene rings is 1. The molecule has 3 N–H and O–H groups in total. The number of carbonyl (C=O) groups is 1. The topological polar surface area (TPSA) is 134 Å². The van der Waals surface area contributed by atoms with Crippen molar-refractivity contribution in [2.45, 2.75) is 11.8 Å². The van der Waals surface area contributed by atoms with Crippen LogP contribution in [-0.2, 0) is 10.0 Å². The molecule has 2 rings (SSSR count). The zero-order valence-electron chi connectivity index (χ0n) is 11.1. The van der Waals surface area contributed by atoms with Gasteiger partial charge >= 0.3 is 5.97 Å². The first kappa shape index (κ1) is 14.8. The average molecular weight is 312 g/mol. The first-order chi connectivity index (χ1) is 9.83. The van der Waals surface area contributed by atoms with Crippen LogP contribution in [-0.4, -0.2) is 41.8 Å². The number of aromatic amines is 1. The van der Waals surface area contributed by atoms with Crippen LogP contribution in [0.25, 0.3) is 0 Å². The molecule has 10 heteroatoms. The predicted octanol–water partition coefficient (Wildman–Crippen LogP) is 0.621. The number of anilines is 1. The van der Waals surface area contributed by atoms with Crippen LogP contribution in [0.3, 0.4) is 0 Å². The number of sulfonamides is 1. The summed E-state index contributed by atoms with van der Waals surface area (Å²) < 4.78 is 31.7. The van der Waals surface area contributed by atoms with E-state index in [9.17, 15) is 13.2 Å².